The third-order valence-corrected chi connectivity index (χ3v) is 8.59. The Morgan fingerprint density at radius 3 is 2.31 bits per heavy atom. The van der Waals surface area contributed by atoms with E-state index in [1.807, 2.05) is 18.7 Å². The van der Waals surface area contributed by atoms with E-state index in [1.165, 1.54) is 28.9 Å². The summed E-state index contributed by atoms with van der Waals surface area (Å²) >= 11 is 0. The Morgan fingerprint density at radius 2 is 1.61 bits per heavy atom. The van der Waals surface area contributed by atoms with Crippen LogP contribution in [-0.4, -0.2) is 17.0 Å². The summed E-state index contributed by atoms with van der Waals surface area (Å²) in [7, 11) is 0. The molecule has 186 valence electrons. The number of benzene rings is 3. The molecule has 3 nitrogen and oxygen atoms in total. The number of nitrogens with one attached hydrogen (secondary N) is 1. The minimum Gasteiger partial charge on any atom is -0.380 e. The highest BCUT2D eigenvalue weighted by molar-refractivity contribution is 6.09. The van der Waals surface area contributed by atoms with Gasteiger partial charge in [-0.3, -0.25) is 9.69 Å². The van der Waals surface area contributed by atoms with Crippen molar-refractivity contribution in [2.45, 2.75) is 65.0 Å². The Hall–Kier alpha value is -3.40. The van der Waals surface area contributed by atoms with Crippen LogP contribution in [0.5, 0.6) is 0 Å². The molecule has 2 atom stereocenters. The van der Waals surface area contributed by atoms with Gasteiger partial charge in [-0.25, -0.2) is 4.39 Å². The fourth-order valence-corrected chi connectivity index (χ4v) is 6.31. The number of hydrogen-bond donors (Lipinski definition) is 1. The number of fused-ring (bicyclic) bond motifs is 2. The molecule has 0 aliphatic carbocycles. The Morgan fingerprint density at radius 1 is 0.944 bits per heavy atom. The number of nitrogens with zero attached hydrogens (tertiary/aromatic N) is 1. The molecule has 5 rings (SSSR count). The summed E-state index contributed by atoms with van der Waals surface area (Å²) in [6, 6.07) is 20.9. The lowest BCUT2D eigenvalue weighted by Gasteiger charge is -2.52. The van der Waals surface area contributed by atoms with Crippen LogP contribution >= 0.6 is 0 Å². The monoisotopic (exact) mass is 482 g/mol. The molecule has 2 heterocycles. The summed E-state index contributed by atoms with van der Waals surface area (Å²) in [5.74, 6) is -0.178. The van der Waals surface area contributed by atoms with E-state index < -0.39 is 5.54 Å². The molecule has 0 spiro atoms. The summed E-state index contributed by atoms with van der Waals surface area (Å²) in [5, 5.41) is 3.75. The average Bonchev–Trinajstić information content (AvgIpc) is 2.82. The number of rotatable bonds is 2. The summed E-state index contributed by atoms with van der Waals surface area (Å²) < 4.78 is 13.5. The number of anilines is 2. The first kappa shape index (κ1) is 24.3. The van der Waals surface area contributed by atoms with Gasteiger partial charge >= 0.3 is 0 Å². The molecular formula is C32H35FN2O. The Kier molecular flexibility index (Phi) is 5.44. The molecule has 1 N–H and O–H groups in total. The SMILES string of the molecule is CC1=CC(C)(C)N(C(=O)c2ccc(F)cc2)c2ccc([C@@]3(C)c4ccccc4NC(C)(C)[C@@H]3C)cc21. The van der Waals surface area contributed by atoms with Crippen molar-refractivity contribution in [3.8, 4) is 0 Å². The van der Waals surface area contributed by atoms with Gasteiger partial charge in [0, 0.05) is 27.8 Å². The molecule has 0 aromatic heterocycles. The first-order valence-corrected chi connectivity index (χ1v) is 12.7. The molecular weight excluding hydrogens is 447 g/mol. The van der Waals surface area contributed by atoms with Crippen LogP contribution in [0.15, 0.2) is 72.8 Å². The first-order chi connectivity index (χ1) is 16.9. The molecule has 3 aromatic rings. The van der Waals surface area contributed by atoms with E-state index in [0.717, 1.165) is 16.8 Å². The van der Waals surface area contributed by atoms with Gasteiger partial charge in [-0.2, -0.15) is 0 Å². The molecule has 0 bridgehead atoms. The third-order valence-electron chi connectivity index (χ3n) is 8.59. The lowest BCUT2D eigenvalue weighted by Crippen LogP contribution is -2.53. The van der Waals surface area contributed by atoms with Crippen LogP contribution in [0.2, 0.25) is 0 Å². The van der Waals surface area contributed by atoms with E-state index >= 15 is 0 Å². The number of carbonyl (C=O) groups excluding carboxylic acids is 1. The van der Waals surface area contributed by atoms with E-state index in [2.05, 4.69) is 88.5 Å². The van der Waals surface area contributed by atoms with Crippen molar-refractivity contribution >= 4 is 22.9 Å². The number of halogens is 1. The second kappa shape index (κ2) is 8.06. The topological polar surface area (TPSA) is 32.3 Å². The zero-order chi connectivity index (χ0) is 26.0. The van der Waals surface area contributed by atoms with Crippen molar-refractivity contribution in [3.05, 3.63) is 101 Å². The standard InChI is InChI=1S/C32H35FN2O/c1-20-19-30(3,4)35(29(36)22-12-15-24(33)16-13-22)28-17-14-23(18-25(20)28)32(7)21(2)31(5,6)34-27-11-9-8-10-26(27)32/h8-19,21,34H,1-7H3/t21-,32-/m0/s1. The Labute approximate surface area is 214 Å². The van der Waals surface area contributed by atoms with Gasteiger partial charge in [0.1, 0.15) is 5.82 Å². The highest BCUT2D eigenvalue weighted by atomic mass is 19.1. The number of carbonyl (C=O) groups is 1. The number of allylic oxidation sites excluding steroid dienone is 1. The number of amides is 1. The van der Waals surface area contributed by atoms with Crippen LogP contribution in [0, 0.1) is 11.7 Å². The van der Waals surface area contributed by atoms with Crippen molar-refractivity contribution in [1.82, 2.24) is 0 Å². The normalized spacial score (nSPS) is 23.7. The van der Waals surface area contributed by atoms with Crippen molar-refractivity contribution in [2.24, 2.45) is 5.92 Å². The molecule has 36 heavy (non-hydrogen) atoms. The second-order valence-corrected chi connectivity index (χ2v) is 11.7. The molecule has 4 heteroatoms. The maximum atomic E-state index is 13.7. The third kappa shape index (κ3) is 3.57. The van der Waals surface area contributed by atoms with E-state index in [9.17, 15) is 9.18 Å². The predicted octanol–water partition coefficient (Wildman–Crippen LogP) is 7.81. The van der Waals surface area contributed by atoms with Crippen LogP contribution < -0.4 is 10.2 Å². The smallest absolute Gasteiger partial charge is 0.259 e. The molecule has 0 saturated carbocycles. The molecule has 2 aliphatic heterocycles. The van der Waals surface area contributed by atoms with Crippen molar-refractivity contribution in [2.75, 3.05) is 10.2 Å². The van der Waals surface area contributed by atoms with Gasteiger partial charge < -0.3 is 5.32 Å². The predicted molar refractivity (Wildman–Crippen MR) is 147 cm³/mol. The van der Waals surface area contributed by atoms with Gasteiger partial charge in [0.15, 0.2) is 0 Å². The van der Waals surface area contributed by atoms with E-state index in [-0.39, 0.29) is 22.7 Å². The minimum atomic E-state index is -0.523. The van der Waals surface area contributed by atoms with E-state index in [0.29, 0.717) is 11.5 Å². The second-order valence-electron chi connectivity index (χ2n) is 11.7. The zero-order valence-electron chi connectivity index (χ0n) is 22.2. The summed E-state index contributed by atoms with van der Waals surface area (Å²) in [4.78, 5) is 15.6. The largest absolute Gasteiger partial charge is 0.380 e. The van der Waals surface area contributed by atoms with Crippen molar-refractivity contribution in [3.63, 3.8) is 0 Å². The first-order valence-electron chi connectivity index (χ1n) is 12.7. The van der Waals surface area contributed by atoms with Crippen molar-refractivity contribution in [1.29, 1.82) is 0 Å². The van der Waals surface area contributed by atoms with E-state index in [4.69, 9.17) is 0 Å². The van der Waals surface area contributed by atoms with Crippen LogP contribution in [0.25, 0.3) is 5.57 Å². The van der Waals surface area contributed by atoms with E-state index in [1.54, 1.807) is 12.1 Å². The Balaban J connectivity index is 1.67. The van der Waals surface area contributed by atoms with Gasteiger partial charge in [-0.15, -0.1) is 0 Å². The summed E-state index contributed by atoms with van der Waals surface area (Å²) in [6.07, 6.45) is 2.16. The lowest BCUT2D eigenvalue weighted by atomic mass is 9.59. The minimum absolute atomic E-state index is 0.101. The highest BCUT2D eigenvalue weighted by Gasteiger charge is 2.48. The molecule has 0 radical (unpaired) electrons. The zero-order valence-corrected chi connectivity index (χ0v) is 22.2. The van der Waals surface area contributed by atoms with Gasteiger partial charge in [0.25, 0.3) is 5.91 Å². The quantitative estimate of drug-likeness (QED) is 0.404. The molecule has 0 saturated heterocycles. The van der Waals surface area contributed by atoms with Gasteiger partial charge in [0.2, 0.25) is 0 Å². The van der Waals surface area contributed by atoms with Gasteiger partial charge in [-0.05, 0) is 99.7 Å². The fraction of sp³-hybridized carbons (Fsp3) is 0.344. The molecule has 0 unspecified atom stereocenters. The number of para-hydroxylation sites is 1. The maximum Gasteiger partial charge on any atom is 0.259 e. The molecule has 3 aromatic carbocycles. The van der Waals surface area contributed by atoms with Crippen LogP contribution in [0.4, 0.5) is 15.8 Å². The van der Waals surface area contributed by atoms with Crippen LogP contribution in [-0.2, 0) is 5.41 Å². The maximum absolute atomic E-state index is 13.7. The summed E-state index contributed by atoms with van der Waals surface area (Å²) in [6.45, 7) is 15.4. The molecule has 1 amide bonds. The average molecular weight is 483 g/mol. The van der Waals surface area contributed by atoms with Gasteiger partial charge in [0.05, 0.1) is 11.2 Å². The van der Waals surface area contributed by atoms with Crippen molar-refractivity contribution < 1.29 is 9.18 Å². The lowest BCUT2D eigenvalue weighted by molar-refractivity contribution is 0.0970. The van der Waals surface area contributed by atoms with Gasteiger partial charge in [-0.1, -0.05) is 44.2 Å². The number of hydrogen-bond acceptors (Lipinski definition) is 2. The van der Waals surface area contributed by atoms with Crippen LogP contribution in [0.3, 0.4) is 0 Å². The Bertz CT molecular complexity index is 1390. The highest BCUT2D eigenvalue weighted by Crippen LogP contribution is 2.52. The fourth-order valence-electron chi connectivity index (χ4n) is 6.31. The molecule has 2 aliphatic rings. The molecule has 0 fully saturated rings. The summed E-state index contributed by atoms with van der Waals surface area (Å²) in [5.41, 5.74) is 6.41. The van der Waals surface area contributed by atoms with Crippen LogP contribution in [0.1, 0.15) is 75.5 Å².